The van der Waals surface area contributed by atoms with Crippen LogP contribution in [0.1, 0.15) is 30.0 Å². The van der Waals surface area contributed by atoms with Crippen LogP contribution < -0.4 is 4.72 Å². The van der Waals surface area contributed by atoms with Crippen LogP contribution >= 0.6 is 0 Å². The maximum atomic E-state index is 12.2. The highest BCUT2D eigenvalue weighted by Gasteiger charge is 2.23. The number of benzene rings is 2. The largest absolute Gasteiger partial charge is 0.389 e. The summed E-state index contributed by atoms with van der Waals surface area (Å²) >= 11 is 0. The molecule has 0 bridgehead atoms. The SMILES string of the molecule is Cc1ccc(CS(=O)(=O)NCC(C)(O)CCc2ccccc2)cc1. The molecule has 0 aliphatic heterocycles. The summed E-state index contributed by atoms with van der Waals surface area (Å²) in [5, 5.41) is 10.4. The van der Waals surface area contributed by atoms with E-state index < -0.39 is 15.6 Å². The summed E-state index contributed by atoms with van der Waals surface area (Å²) in [7, 11) is -3.47. The monoisotopic (exact) mass is 347 g/mol. The van der Waals surface area contributed by atoms with Gasteiger partial charge in [-0.2, -0.15) is 0 Å². The van der Waals surface area contributed by atoms with Gasteiger partial charge >= 0.3 is 0 Å². The fourth-order valence-corrected chi connectivity index (χ4v) is 3.63. The molecule has 2 N–H and O–H groups in total. The van der Waals surface area contributed by atoms with Crippen molar-refractivity contribution < 1.29 is 13.5 Å². The molecule has 0 aromatic heterocycles. The zero-order chi connectivity index (χ0) is 17.6. The minimum absolute atomic E-state index is 0.00796. The molecule has 0 saturated heterocycles. The molecular weight excluding hydrogens is 322 g/mol. The van der Waals surface area contributed by atoms with Crippen molar-refractivity contribution in [2.75, 3.05) is 6.54 Å². The van der Waals surface area contributed by atoms with Gasteiger partial charge < -0.3 is 5.11 Å². The highest BCUT2D eigenvalue weighted by Crippen LogP contribution is 2.14. The quantitative estimate of drug-likeness (QED) is 0.772. The fraction of sp³-hybridized carbons (Fsp3) is 0.368. The Balaban J connectivity index is 1.86. The number of hydrogen-bond acceptors (Lipinski definition) is 3. The van der Waals surface area contributed by atoms with E-state index in [0.29, 0.717) is 12.8 Å². The van der Waals surface area contributed by atoms with Gasteiger partial charge in [-0.1, -0.05) is 60.2 Å². The molecule has 5 heteroatoms. The normalized spacial score (nSPS) is 14.3. The second-order valence-corrected chi connectivity index (χ2v) is 8.36. The van der Waals surface area contributed by atoms with Crippen LogP contribution in [0.4, 0.5) is 0 Å². The van der Waals surface area contributed by atoms with E-state index in [4.69, 9.17) is 0 Å². The Morgan fingerprint density at radius 3 is 2.25 bits per heavy atom. The molecule has 0 heterocycles. The standard InChI is InChI=1S/C19H25NO3S/c1-16-8-10-18(11-9-16)14-24(22,23)20-15-19(2,21)13-12-17-6-4-3-5-7-17/h3-11,20-21H,12-15H2,1-2H3. The van der Waals surface area contributed by atoms with Gasteiger partial charge in [-0.25, -0.2) is 13.1 Å². The molecule has 130 valence electrons. The number of hydrogen-bond donors (Lipinski definition) is 2. The fourth-order valence-electron chi connectivity index (χ4n) is 2.37. The van der Waals surface area contributed by atoms with Gasteiger partial charge in [0.25, 0.3) is 0 Å². The topological polar surface area (TPSA) is 66.4 Å². The van der Waals surface area contributed by atoms with Crippen molar-refractivity contribution in [1.29, 1.82) is 0 Å². The highest BCUT2D eigenvalue weighted by molar-refractivity contribution is 7.88. The molecule has 0 amide bonds. The number of nitrogens with one attached hydrogen (secondary N) is 1. The smallest absolute Gasteiger partial charge is 0.215 e. The Hall–Kier alpha value is -1.69. The maximum Gasteiger partial charge on any atom is 0.215 e. The third kappa shape index (κ3) is 6.43. The molecule has 4 nitrogen and oxygen atoms in total. The minimum atomic E-state index is -3.47. The van der Waals surface area contributed by atoms with Crippen molar-refractivity contribution >= 4 is 10.0 Å². The molecule has 0 aliphatic carbocycles. The minimum Gasteiger partial charge on any atom is -0.389 e. The third-order valence-corrected chi connectivity index (χ3v) is 5.24. The van der Waals surface area contributed by atoms with Crippen LogP contribution in [0.3, 0.4) is 0 Å². The van der Waals surface area contributed by atoms with E-state index in [0.717, 1.165) is 16.7 Å². The van der Waals surface area contributed by atoms with Gasteiger partial charge in [-0.3, -0.25) is 0 Å². The van der Waals surface area contributed by atoms with Crippen LogP contribution in [0.5, 0.6) is 0 Å². The van der Waals surface area contributed by atoms with Gasteiger partial charge in [0.05, 0.1) is 11.4 Å². The number of rotatable bonds is 8. The molecule has 2 aromatic rings. The third-order valence-electron chi connectivity index (χ3n) is 3.95. The second-order valence-electron chi connectivity index (χ2n) is 6.55. The number of sulfonamides is 1. The van der Waals surface area contributed by atoms with Crippen molar-refractivity contribution in [3.63, 3.8) is 0 Å². The first-order valence-electron chi connectivity index (χ1n) is 8.05. The molecule has 1 atom stereocenters. The first-order chi connectivity index (χ1) is 11.3. The first-order valence-corrected chi connectivity index (χ1v) is 9.70. The van der Waals surface area contributed by atoms with Crippen LogP contribution in [0.25, 0.3) is 0 Å². The lowest BCUT2D eigenvalue weighted by Crippen LogP contribution is -2.41. The summed E-state index contributed by atoms with van der Waals surface area (Å²) in [6.07, 6.45) is 1.19. The summed E-state index contributed by atoms with van der Waals surface area (Å²) in [4.78, 5) is 0. The predicted octanol–water partition coefficient (Wildman–Crippen LogP) is 2.80. The lowest BCUT2D eigenvalue weighted by molar-refractivity contribution is 0.0565. The second kappa shape index (κ2) is 7.92. The molecule has 0 saturated carbocycles. The van der Waals surface area contributed by atoms with Crippen LogP contribution in [-0.4, -0.2) is 25.7 Å². The average Bonchev–Trinajstić information content (AvgIpc) is 2.55. The van der Waals surface area contributed by atoms with Gasteiger partial charge in [0.1, 0.15) is 0 Å². The lowest BCUT2D eigenvalue weighted by atomic mass is 9.97. The van der Waals surface area contributed by atoms with Gasteiger partial charge in [0, 0.05) is 6.54 Å². The van der Waals surface area contributed by atoms with Gasteiger partial charge in [-0.15, -0.1) is 0 Å². The lowest BCUT2D eigenvalue weighted by Gasteiger charge is -2.23. The number of aliphatic hydroxyl groups is 1. The van der Waals surface area contributed by atoms with E-state index >= 15 is 0 Å². The van der Waals surface area contributed by atoms with E-state index in [1.165, 1.54) is 0 Å². The summed E-state index contributed by atoms with van der Waals surface area (Å²) in [6.45, 7) is 3.62. The zero-order valence-corrected chi connectivity index (χ0v) is 15.0. The van der Waals surface area contributed by atoms with Crippen LogP contribution in [0, 0.1) is 6.92 Å². The van der Waals surface area contributed by atoms with Crippen molar-refractivity contribution in [3.05, 3.63) is 71.3 Å². The molecule has 2 aromatic carbocycles. The van der Waals surface area contributed by atoms with Crippen molar-refractivity contribution in [2.45, 2.75) is 38.0 Å². The summed E-state index contributed by atoms with van der Waals surface area (Å²) < 4.78 is 26.9. The van der Waals surface area contributed by atoms with Gasteiger partial charge in [0.2, 0.25) is 10.0 Å². The summed E-state index contributed by atoms with van der Waals surface area (Å²) in [5.41, 5.74) is 1.86. The van der Waals surface area contributed by atoms with Gasteiger partial charge in [-0.05, 0) is 37.8 Å². The Morgan fingerprint density at radius 2 is 1.62 bits per heavy atom. The first kappa shape index (κ1) is 18.6. The Morgan fingerprint density at radius 1 is 1.00 bits per heavy atom. The van der Waals surface area contributed by atoms with Crippen molar-refractivity contribution in [2.24, 2.45) is 0 Å². The van der Waals surface area contributed by atoms with Crippen LogP contribution in [-0.2, 0) is 22.2 Å². The summed E-state index contributed by atoms with van der Waals surface area (Å²) in [6, 6.07) is 17.2. The molecule has 0 radical (unpaired) electrons. The van der Waals surface area contributed by atoms with Crippen molar-refractivity contribution in [1.82, 2.24) is 4.72 Å². The summed E-state index contributed by atoms with van der Waals surface area (Å²) in [5.74, 6) is -0.0813. The Labute approximate surface area is 144 Å². The Bertz CT molecular complexity index is 738. The molecule has 0 spiro atoms. The van der Waals surface area contributed by atoms with Crippen LogP contribution in [0.2, 0.25) is 0 Å². The zero-order valence-electron chi connectivity index (χ0n) is 14.2. The molecule has 2 rings (SSSR count). The molecule has 0 aliphatic rings. The van der Waals surface area contributed by atoms with E-state index in [2.05, 4.69) is 4.72 Å². The van der Waals surface area contributed by atoms with Crippen LogP contribution in [0.15, 0.2) is 54.6 Å². The maximum absolute atomic E-state index is 12.2. The molecule has 0 fully saturated rings. The highest BCUT2D eigenvalue weighted by atomic mass is 32.2. The Kier molecular flexibility index (Phi) is 6.15. The molecule has 1 unspecified atom stereocenters. The van der Waals surface area contributed by atoms with Crippen molar-refractivity contribution in [3.8, 4) is 0 Å². The molecular formula is C19H25NO3S. The van der Waals surface area contributed by atoms with E-state index in [9.17, 15) is 13.5 Å². The van der Waals surface area contributed by atoms with E-state index in [1.807, 2.05) is 61.5 Å². The van der Waals surface area contributed by atoms with Gasteiger partial charge in [0.15, 0.2) is 0 Å². The molecule has 24 heavy (non-hydrogen) atoms. The average molecular weight is 347 g/mol. The van der Waals surface area contributed by atoms with E-state index in [1.54, 1.807) is 6.92 Å². The number of aryl methyl sites for hydroxylation is 2. The van der Waals surface area contributed by atoms with E-state index in [-0.39, 0.29) is 12.3 Å². The predicted molar refractivity (Wildman–Crippen MR) is 97.2 cm³/mol.